The second-order valence-corrected chi connectivity index (χ2v) is 8.69. The van der Waals surface area contributed by atoms with Crippen LogP contribution >= 0.6 is 0 Å². The van der Waals surface area contributed by atoms with Crippen molar-refractivity contribution in [1.82, 2.24) is 4.90 Å². The molecule has 0 unspecified atom stereocenters. The molecule has 0 heterocycles. The van der Waals surface area contributed by atoms with Crippen LogP contribution < -0.4 is 13.7 Å². The number of methoxy groups -OCH3 is 2. The molecular weight excluding hydrogens is 394 g/mol. The van der Waals surface area contributed by atoms with E-state index in [1.54, 1.807) is 41.3 Å². The summed E-state index contributed by atoms with van der Waals surface area (Å²) in [5.41, 5.74) is 1.21. The molecule has 158 valence electrons. The summed E-state index contributed by atoms with van der Waals surface area (Å²) in [4.78, 5) is 14.9. The molecule has 0 aliphatic rings. The molecule has 2 aromatic rings. The van der Waals surface area contributed by atoms with Gasteiger partial charge >= 0.3 is 10.1 Å². The van der Waals surface area contributed by atoms with E-state index in [0.29, 0.717) is 30.2 Å². The second kappa shape index (κ2) is 9.65. The van der Waals surface area contributed by atoms with E-state index < -0.39 is 10.1 Å². The number of hydrogen-bond acceptors (Lipinski definition) is 6. The Kier molecular flexibility index (Phi) is 7.50. The fraction of sp³-hybridized carbons (Fsp3) is 0.381. The number of carbonyl (C=O) groups is 1. The summed E-state index contributed by atoms with van der Waals surface area (Å²) in [5, 5.41) is 0. The van der Waals surface area contributed by atoms with E-state index in [1.807, 2.05) is 19.9 Å². The molecule has 0 saturated heterocycles. The zero-order chi connectivity index (χ0) is 21.6. The molecule has 0 radical (unpaired) electrons. The van der Waals surface area contributed by atoms with Gasteiger partial charge in [0.1, 0.15) is 17.2 Å². The summed E-state index contributed by atoms with van der Waals surface area (Å²) < 4.78 is 38.2. The normalized spacial score (nSPS) is 11.2. The van der Waals surface area contributed by atoms with Crippen molar-refractivity contribution in [3.05, 3.63) is 53.6 Å². The van der Waals surface area contributed by atoms with Gasteiger partial charge in [0.25, 0.3) is 5.91 Å². The van der Waals surface area contributed by atoms with Crippen molar-refractivity contribution in [2.45, 2.75) is 20.4 Å². The zero-order valence-corrected chi connectivity index (χ0v) is 18.2. The van der Waals surface area contributed by atoms with Crippen molar-refractivity contribution in [2.75, 3.05) is 27.0 Å². The molecule has 0 aromatic heterocycles. The highest BCUT2D eigenvalue weighted by atomic mass is 32.2. The summed E-state index contributed by atoms with van der Waals surface area (Å²) in [6.45, 7) is 4.87. The largest absolute Gasteiger partial charge is 0.497 e. The number of ether oxygens (including phenoxy) is 2. The van der Waals surface area contributed by atoms with Crippen LogP contribution in [0.15, 0.2) is 42.5 Å². The van der Waals surface area contributed by atoms with Crippen LogP contribution in [0, 0.1) is 5.92 Å². The fourth-order valence-corrected chi connectivity index (χ4v) is 3.32. The lowest BCUT2D eigenvalue weighted by Gasteiger charge is -2.25. The minimum atomic E-state index is -3.62. The molecule has 0 aliphatic carbocycles. The van der Waals surface area contributed by atoms with Crippen LogP contribution in [0.5, 0.6) is 17.2 Å². The second-order valence-electron chi connectivity index (χ2n) is 7.12. The zero-order valence-electron chi connectivity index (χ0n) is 17.3. The van der Waals surface area contributed by atoms with Crippen molar-refractivity contribution < 1.29 is 26.9 Å². The molecule has 0 bridgehead atoms. The highest BCUT2D eigenvalue weighted by Crippen LogP contribution is 2.25. The summed E-state index contributed by atoms with van der Waals surface area (Å²) >= 11 is 0. The Bertz CT molecular complexity index is 933. The Balaban J connectivity index is 2.32. The molecular formula is C21H27NO6S. The van der Waals surface area contributed by atoms with Gasteiger partial charge < -0.3 is 18.6 Å². The van der Waals surface area contributed by atoms with Crippen molar-refractivity contribution in [3.63, 3.8) is 0 Å². The Hall–Kier alpha value is -2.74. The quantitative estimate of drug-likeness (QED) is 0.578. The molecule has 0 atom stereocenters. The molecule has 0 saturated carbocycles. The molecule has 1 amide bonds. The monoisotopic (exact) mass is 421 g/mol. The van der Waals surface area contributed by atoms with E-state index in [2.05, 4.69) is 0 Å². The summed E-state index contributed by atoms with van der Waals surface area (Å²) in [7, 11) is -0.565. The van der Waals surface area contributed by atoms with Gasteiger partial charge in [0.15, 0.2) is 0 Å². The summed E-state index contributed by atoms with van der Waals surface area (Å²) in [6, 6.07) is 11.7. The van der Waals surface area contributed by atoms with Crippen LogP contribution in [-0.4, -0.2) is 46.2 Å². The standard InChI is InChI=1S/C21H27NO6S/c1-15(2)13-22(14-16-7-6-8-18(9-16)28-29(5,24)25)21(23)17-10-19(26-3)12-20(11-17)27-4/h6-12,15H,13-14H2,1-5H3. The number of hydrogen-bond donors (Lipinski definition) is 0. The summed E-state index contributed by atoms with van der Waals surface area (Å²) in [6.07, 6.45) is 0.991. The molecule has 8 heteroatoms. The van der Waals surface area contributed by atoms with Gasteiger partial charge in [-0.05, 0) is 35.7 Å². The first-order valence-corrected chi connectivity index (χ1v) is 10.9. The molecule has 7 nitrogen and oxygen atoms in total. The minimum Gasteiger partial charge on any atom is -0.497 e. The first-order chi connectivity index (χ1) is 13.6. The van der Waals surface area contributed by atoms with Crippen LogP contribution in [0.2, 0.25) is 0 Å². The van der Waals surface area contributed by atoms with E-state index >= 15 is 0 Å². The van der Waals surface area contributed by atoms with Gasteiger partial charge in [-0.3, -0.25) is 4.79 Å². The Morgan fingerprint density at radius 3 is 2.14 bits per heavy atom. The number of benzene rings is 2. The third-order valence-corrected chi connectivity index (χ3v) is 4.49. The van der Waals surface area contributed by atoms with Gasteiger partial charge in [-0.15, -0.1) is 0 Å². The topological polar surface area (TPSA) is 82.1 Å². The maximum atomic E-state index is 13.2. The maximum absolute atomic E-state index is 13.2. The van der Waals surface area contributed by atoms with Gasteiger partial charge in [0.05, 0.1) is 20.5 Å². The minimum absolute atomic E-state index is 0.176. The third-order valence-electron chi connectivity index (χ3n) is 3.99. The highest BCUT2D eigenvalue weighted by Gasteiger charge is 2.20. The lowest BCUT2D eigenvalue weighted by molar-refractivity contribution is 0.0721. The van der Waals surface area contributed by atoms with Crippen LogP contribution in [0.1, 0.15) is 29.8 Å². The van der Waals surface area contributed by atoms with Gasteiger partial charge in [0, 0.05) is 24.7 Å². The smallest absolute Gasteiger partial charge is 0.306 e. The van der Waals surface area contributed by atoms with E-state index in [0.717, 1.165) is 11.8 Å². The predicted molar refractivity (Wildman–Crippen MR) is 111 cm³/mol. The van der Waals surface area contributed by atoms with Crippen LogP contribution in [-0.2, 0) is 16.7 Å². The van der Waals surface area contributed by atoms with E-state index in [4.69, 9.17) is 13.7 Å². The molecule has 0 spiro atoms. The molecule has 29 heavy (non-hydrogen) atoms. The van der Waals surface area contributed by atoms with E-state index in [1.165, 1.54) is 14.2 Å². The predicted octanol–water partition coefficient (Wildman–Crippen LogP) is 3.34. The number of rotatable bonds is 9. The van der Waals surface area contributed by atoms with Gasteiger partial charge in [-0.25, -0.2) is 0 Å². The lowest BCUT2D eigenvalue weighted by Crippen LogP contribution is -2.33. The molecule has 2 aromatic carbocycles. The number of nitrogens with zero attached hydrogens (tertiary/aromatic N) is 1. The number of amides is 1. The Labute approximate surface area is 172 Å². The van der Waals surface area contributed by atoms with Crippen LogP contribution in [0.4, 0.5) is 0 Å². The average molecular weight is 422 g/mol. The van der Waals surface area contributed by atoms with E-state index in [-0.39, 0.29) is 17.6 Å². The van der Waals surface area contributed by atoms with Crippen LogP contribution in [0.3, 0.4) is 0 Å². The fourth-order valence-electron chi connectivity index (χ4n) is 2.86. The van der Waals surface area contributed by atoms with E-state index in [9.17, 15) is 13.2 Å². The SMILES string of the molecule is COc1cc(OC)cc(C(=O)N(Cc2cccc(OS(C)(=O)=O)c2)CC(C)C)c1. The molecule has 0 fully saturated rings. The third kappa shape index (κ3) is 6.98. The van der Waals surface area contributed by atoms with Crippen molar-refractivity contribution in [3.8, 4) is 17.2 Å². The van der Waals surface area contributed by atoms with Crippen molar-refractivity contribution in [2.24, 2.45) is 5.92 Å². The first-order valence-electron chi connectivity index (χ1n) is 9.12. The maximum Gasteiger partial charge on any atom is 0.306 e. The Morgan fingerprint density at radius 1 is 1.00 bits per heavy atom. The van der Waals surface area contributed by atoms with Gasteiger partial charge in [0.2, 0.25) is 0 Å². The molecule has 0 N–H and O–H groups in total. The highest BCUT2D eigenvalue weighted by molar-refractivity contribution is 7.86. The van der Waals surface area contributed by atoms with Crippen molar-refractivity contribution in [1.29, 1.82) is 0 Å². The first kappa shape index (κ1) is 22.5. The average Bonchev–Trinajstić information content (AvgIpc) is 2.65. The molecule has 2 rings (SSSR count). The Morgan fingerprint density at radius 2 is 1.62 bits per heavy atom. The van der Waals surface area contributed by atoms with Crippen LogP contribution in [0.25, 0.3) is 0 Å². The van der Waals surface area contributed by atoms with Gasteiger partial charge in [-0.2, -0.15) is 8.42 Å². The molecule has 0 aliphatic heterocycles. The lowest BCUT2D eigenvalue weighted by atomic mass is 10.1. The number of carbonyl (C=O) groups excluding carboxylic acids is 1. The summed E-state index contributed by atoms with van der Waals surface area (Å²) in [5.74, 6) is 1.33. The van der Waals surface area contributed by atoms with Crippen molar-refractivity contribution >= 4 is 16.0 Å². The van der Waals surface area contributed by atoms with Gasteiger partial charge in [-0.1, -0.05) is 26.0 Å².